The summed E-state index contributed by atoms with van der Waals surface area (Å²) in [6.07, 6.45) is 4.48. The Morgan fingerprint density at radius 1 is 1.38 bits per heavy atom. The second-order valence-electron chi connectivity index (χ2n) is 5.32. The first-order chi connectivity index (χ1) is 11.5. The summed E-state index contributed by atoms with van der Waals surface area (Å²) in [6, 6.07) is 6.72. The number of methoxy groups -OCH3 is 1. The number of hydrogen-bond donors (Lipinski definition) is 1. The number of carbonyl (C=O) groups is 2. The average molecular weight is 365 g/mol. The fraction of sp³-hybridized carbons (Fsp3) is 0.353. The van der Waals surface area contributed by atoms with E-state index in [4.69, 9.17) is 12.2 Å². The van der Waals surface area contributed by atoms with E-state index in [9.17, 15) is 14.7 Å². The lowest BCUT2D eigenvalue weighted by atomic mass is 10.2. The number of hydrogen-bond acceptors (Lipinski definition) is 6. The monoisotopic (exact) mass is 365 g/mol. The van der Waals surface area contributed by atoms with Gasteiger partial charge in [-0.25, -0.2) is 0 Å². The Hall–Kier alpha value is -1.86. The van der Waals surface area contributed by atoms with E-state index in [1.54, 1.807) is 29.2 Å². The van der Waals surface area contributed by atoms with Gasteiger partial charge in [0, 0.05) is 13.0 Å². The molecule has 5 nitrogen and oxygen atoms in total. The minimum absolute atomic E-state index is 0.110. The third-order valence-electron chi connectivity index (χ3n) is 3.53. The van der Waals surface area contributed by atoms with Crippen molar-refractivity contribution < 1.29 is 19.4 Å². The molecule has 0 radical (unpaired) electrons. The van der Waals surface area contributed by atoms with Crippen LogP contribution in [0.4, 0.5) is 0 Å². The first-order valence-corrected chi connectivity index (χ1v) is 8.85. The van der Waals surface area contributed by atoms with Gasteiger partial charge in [0.2, 0.25) is 0 Å². The molecule has 0 spiro atoms. The summed E-state index contributed by atoms with van der Waals surface area (Å²) < 4.78 is 5.13. The maximum atomic E-state index is 12.4. The van der Waals surface area contributed by atoms with Crippen molar-refractivity contribution in [3.8, 4) is 5.75 Å². The molecule has 1 saturated heterocycles. The molecule has 0 atom stereocenters. The van der Waals surface area contributed by atoms with Crippen molar-refractivity contribution in [2.75, 3.05) is 13.7 Å². The Labute approximate surface area is 150 Å². The molecule has 1 aromatic rings. The molecule has 1 fully saturated rings. The van der Waals surface area contributed by atoms with Crippen LogP contribution in [-0.2, 0) is 14.3 Å². The number of benzene rings is 1. The molecule has 0 saturated carbocycles. The van der Waals surface area contributed by atoms with E-state index in [1.807, 2.05) is 6.07 Å². The largest absolute Gasteiger partial charge is 0.508 e. The summed E-state index contributed by atoms with van der Waals surface area (Å²) in [6.45, 7) is 0.545. The molecule has 0 bridgehead atoms. The summed E-state index contributed by atoms with van der Waals surface area (Å²) in [7, 11) is 1.38. The molecule has 24 heavy (non-hydrogen) atoms. The summed E-state index contributed by atoms with van der Waals surface area (Å²) >= 11 is 6.55. The van der Waals surface area contributed by atoms with Crippen LogP contribution in [0.1, 0.15) is 31.2 Å². The molecule has 1 aliphatic heterocycles. The van der Waals surface area contributed by atoms with E-state index in [1.165, 1.54) is 18.9 Å². The number of thioether (sulfide) groups is 1. The number of unbranched alkanes of at least 4 members (excludes halogenated alkanes) is 2. The van der Waals surface area contributed by atoms with Crippen LogP contribution < -0.4 is 0 Å². The van der Waals surface area contributed by atoms with Crippen molar-refractivity contribution in [1.29, 1.82) is 0 Å². The highest BCUT2D eigenvalue weighted by atomic mass is 32.2. The number of nitrogens with zero attached hydrogens (tertiary/aromatic N) is 1. The van der Waals surface area contributed by atoms with E-state index in [2.05, 4.69) is 4.74 Å². The third-order valence-corrected chi connectivity index (χ3v) is 4.91. The number of aromatic hydroxyl groups is 1. The van der Waals surface area contributed by atoms with E-state index < -0.39 is 0 Å². The van der Waals surface area contributed by atoms with Crippen LogP contribution in [0.25, 0.3) is 6.08 Å². The van der Waals surface area contributed by atoms with Gasteiger partial charge in [-0.2, -0.15) is 0 Å². The number of ether oxygens (including phenoxy) is 1. The topological polar surface area (TPSA) is 66.8 Å². The van der Waals surface area contributed by atoms with Crippen LogP contribution >= 0.6 is 24.0 Å². The molecule has 1 amide bonds. The second kappa shape index (κ2) is 8.84. The summed E-state index contributed by atoms with van der Waals surface area (Å²) in [5.74, 6) is -0.166. The van der Waals surface area contributed by atoms with Crippen LogP contribution in [0.3, 0.4) is 0 Å². The minimum Gasteiger partial charge on any atom is -0.508 e. The lowest BCUT2D eigenvalue weighted by Crippen LogP contribution is -2.29. The molecule has 128 valence electrons. The zero-order valence-electron chi connectivity index (χ0n) is 13.4. The van der Waals surface area contributed by atoms with Gasteiger partial charge in [-0.1, -0.05) is 42.5 Å². The van der Waals surface area contributed by atoms with Gasteiger partial charge >= 0.3 is 5.97 Å². The molecule has 7 heteroatoms. The second-order valence-corrected chi connectivity index (χ2v) is 6.99. The van der Waals surface area contributed by atoms with Crippen molar-refractivity contribution in [2.45, 2.75) is 25.7 Å². The molecular formula is C17H19NO4S2. The van der Waals surface area contributed by atoms with Crippen LogP contribution in [0.2, 0.25) is 0 Å². The normalized spacial score (nSPS) is 16.0. The molecule has 0 unspecified atom stereocenters. The highest BCUT2D eigenvalue weighted by Gasteiger charge is 2.31. The van der Waals surface area contributed by atoms with Gasteiger partial charge in [0.25, 0.3) is 5.91 Å². The summed E-state index contributed by atoms with van der Waals surface area (Å²) in [5, 5.41) is 9.49. The number of phenolic OH excluding ortho intramolecular Hbond substituents is 1. The lowest BCUT2D eigenvalue weighted by molar-refractivity contribution is -0.140. The highest BCUT2D eigenvalue weighted by Crippen LogP contribution is 2.33. The number of esters is 1. The van der Waals surface area contributed by atoms with Gasteiger partial charge in [-0.3, -0.25) is 14.5 Å². The molecule has 1 aliphatic rings. The average Bonchev–Trinajstić information content (AvgIpc) is 2.81. The first kappa shape index (κ1) is 18.5. The van der Waals surface area contributed by atoms with Crippen LogP contribution in [0.15, 0.2) is 29.2 Å². The first-order valence-electron chi connectivity index (χ1n) is 7.62. The summed E-state index contributed by atoms with van der Waals surface area (Å²) in [4.78, 5) is 25.6. The Bertz CT molecular complexity index is 672. The van der Waals surface area contributed by atoms with Crippen molar-refractivity contribution in [1.82, 2.24) is 4.90 Å². The standard InChI is InChI=1S/C17H19NO4S2/c1-22-15(20)8-3-2-4-9-18-16(21)14(24-17(18)23)11-12-6-5-7-13(19)10-12/h5-7,10-11,19H,2-4,8-9H2,1H3/b14-11-. The van der Waals surface area contributed by atoms with Gasteiger partial charge in [-0.05, 0) is 36.6 Å². The van der Waals surface area contributed by atoms with E-state index in [0.717, 1.165) is 24.8 Å². The minimum atomic E-state index is -0.213. The zero-order valence-corrected chi connectivity index (χ0v) is 15.0. The fourth-order valence-corrected chi connectivity index (χ4v) is 3.59. The highest BCUT2D eigenvalue weighted by molar-refractivity contribution is 8.26. The predicted octanol–water partition coefficient (Wildman–Crippen LogP) is 3.33. The van der Waals surface area contributed by atoms with E-state index in [0.29, 0.717) is 22.2 Å². The van der Waals surface area contributed by atoms with E-state index >= 15 is 0 Å². The maximum absolute atomic E-state index is 12.4. The predicted molar refractivity (Wildman–Crippen MR) is 98.5 cm³/mol. The van der Waals surface area contributed by atoms with Gasteiger partial charge in [0.05, 0.1) is 12.0 Å². The molecule has 1 heterocycles. The Morgan fingerprint density at radius 2 is 2.17 bits per heavy atom. The van der Waals surface area contributed by atoms with Crippen LogP contribution in [0, 0.1) is 0 Å². The number of thiocarbonyl (C=S) groups is 1. The van der Waals surface area contributed by atoms with Crippen molar-refractivity contribution in [2.24, 2.45) is 0 Å². The number of phenols is 1. The lowest BCUT2D eigenvalue weighted by Gasteiger charge is -2.13. The van der Waals surface area contributed by atoms with Crippen molar-refractivity contribution >= 4 is 46.3 Å². The van der Waals surface area contributed by atoms with Crippen LogP contribution in [0.5, 0.6) is 5.75 Å². The number of amides is 1. The molecule has 2 rings (SSSR count). The van der Waals surface area contributed by atoms with Crippen LogP contribution in [-0.4, -0.2) is 39.9 Å². The maximum Gasteiger partial charge on any atom is 0.305 e. The summed E-state index contributed by atoms with van der Waals surface area (Å²) in [5.41, 5.74) is 0.758. The third kappa shape index (κ3) is 5.07. The smallest absolute Gasteiger partial charge is 0.305 e. The van der Waals surface area contributed by atoms with Gasteiger partial charge < -0.3 is 9.84 Å². The Morgan fingerprint density at radius 3 is 2.88 bits per heavy atom. The Balaban J connectivity index is 1.88. The number of rotatable bonds is 7. The SMILES string of the molecule is COC(=O)CCCCCN1C(=O)/C(=C/c2cccc(O)c2)SC1=S. The fourth-order valence-electron chi connectivity index (χ4n) is 2.28. The molecule has 1 N–H and O–H groups in total. The quantitative estimate of drug-likeness (QED) is 0.346. The van der Waals surface area contributed by atoms with Crippen molar-refractivity contribution in [3.05, 3.63) is 34.7 Å². The van der Waals surface area contributed by atoms with Gasteiger partial charge in [-0.15, -0.1) is 0 Å². The Kier molecular flexibility index (Phi) is 6.81. The molecule has 0 aromatic heterocycles. The van der Waals surface area contributed by atoms with Crippen molar-refractivity contribution in [3.63, 3.8) is 0 Å². The zero-order chi connectivity index (χ0) is 17.5. The number of carbonyl (C=O) groups excluding carboxylic acids is 2. The molecular weight excluding hydrogens is 346 g/mol. The van der Waals surface area contributed by atoms with Gasteiger partial charge in [0.15, 0.2) is 0 Å². The van der Waals surface area contributed by atoms with E-state index in [-0.39, 0.29) is 17.6 Å². The molecule has 1 aromatic carbocycles. The molecule has 0 aliphatic carbocycles. The van der Waals surface area contributed by atoms with Gasteiger partial charge in [0.1, 0.15) is 10.1 Å².